The van der Waals surface area contributed by atoms with Crippen molar-refractivity contribution in [2.24, 2.45) is 0 Å². The van der Waals surface area contributed by atoms with E-state index in [1.54, 1.807) is 6.26 Å². The van der Waals surface area contributed by atoms with Crippen molar-refractivity contribution in [3.8, 4) is 0 Å². The number of amides is 2. The van der Waals surface area contributed by atoms with Gasteiger partial charge in [-0.3, -0.25) is 0 Å². The molecule has 2 amide bonds. The maximum atomic E-state index is 11.9. The molecule has 1 saturated carbocycles. The van der Waals surface area contributed by atoms with Gasteiger partial charge >= 0.3 is 6.03 Å². The van der Waals surface area contributed by atoms with Gasteiger partial charge in [0.15, 0.2) is 0 Å². The highest BCUT2D eigenvalue weighted by atomic mass is 16.3. The molecule has 0 unspecified atom stereocenters. The molecule has 0 saturated heterocycles. The van der Waals surface area contributed by atoms with Gasteiger partial charge in [-0.25, -0.2) is 4.79 Å². The summed E-state index contributed by atoms with van der Waals surface area (Å²) < 4.78 is 5.19. The molecular weight excluding hydrogens is 264 g/mol. The summed E-state index contributed by atoms with van der Waals surface area (Å²) in [5, 5.41) is 5.81. The SMILES string of the molecule is O=C(NCc1ccco1)NCC1(c2ccccc2)CCC1. The molecule has 0 spiro atoms. The molecule has 2 N–H and O–H groups in total. The minimum absolute atomic E-state index is 0.114. The molecular formula is C17H20N2O2. The van der Waals surface area contributed by atoms with Gasteiger partial charge in [-0.2, -0.15) is 0 Å². The van der Waals surface area contributed by atoms with Crippen LogP contribution in [0.25, 0.3) is 0 Å². The molecule has 0 bridgehead atoms. The van der Waals surface area contributed by atoms with Crippen LogP contribution in [0.2, 0.25) is 0 Å². The summed E-state index contributed by atoms with van der Waals surface area (Å²) in [6.07, 6.45) is 5.10. The van der Waals surface area contributed by atoms with Gasteiger partial charge in [0.2, 0.25) is 0 Å². The summed E-state index contributed by atoms with van der Waals surface area (Å²) in [7, 11) is 0. The number of rotatable bonds is 5. The van der Waals surface area contributed by atoms with Crippen LogP contribution in [0.4, 0.5) is 4.79 Å². The van der Waals surface area contributed by atoms with E-state index in [-0.39, 0.29) is 11.4 Å². The fourth-order valence-corrected chi connectivity index (χ4v) is 2.86. The van der Waals surface area contributed by atoms with Crippen molar-refractivity contribution in [1.29, 1.82) is 0 Å². The van der Waals surface area contributed by atoms with Crippen molar-refractivity contribution in [3.63, 3.8) is 0 Å². The Hall–Kier alpha value is -2.23. The molecule has 1 aliphatic rings. The lowest BCUT2D eigenvalue weighted by molar-refractivity contribution is 0.214. The highest BCUT2D eigenvalue weighted by Crippen LogP contribution is 2.43. The average Bonchev–Trinajstić information content (AvgIpc) is 2.98. The molecule has 0 aliphatic heterocycles. The maximum Gasteiger partial charge on any atom is 0.315 e. The molecule has 1 aromatic heterocycles. The second-order valence-corrected chi connectivity index (χ2v) is 5.62. The van der Waals surface area contributed by atoms with E-state index in [9.17, 15) is 4.79 Å². The smallest absolute Gasteiger partial charge is 0.315 e. The Morgan fingerprint density at radius 3 is 2.52 bits per heavy atom. The van der Waals surface area contributed by atoms with E-state index >= 15 is 0 Å². The Balaban J connectivity index is 1.52. The number of furan rings is 1. The summed E-state index contributed by atoms with van der Waals surface area (Å²) in [4.78, 5) is 11.9. The molecule has 1 heterocycles. The van der Waals surface area contributed by atoms with Gasteiger partial charge in [0, 0.05) is 12.0 Å². The quantitative estimate of drug-likeness (QED) is 0.886. The predicted molar refractivity (Wildman–Crippen MR) is 80.9 cm³/mol. The minimum atomic E-state index is -0.145. The van der Waals surface area contributed by atoms with Gasteiger partial charge in [0.25, 0.3) is 0 Å². The average molecular weight is 284 g/mol. The number of urea groups is 1. The van der Waals surface area contributed by atoms with Gasteiger partial charge in [-0.05, 0) is 30.5 Å². The first-order chi connectivity index (χ1) is 10.3. The molecule has 1 fully saturated rings. The van der Waals surface area contributed by atoms with E-state index in [1.807, 2.05) is 18.2 Å². The van der Waals surface area contributed by atoms with E-state index in [0.717, 1.165) is 18.6 Å². The summed E-state index contributed by atoms with van der Waals surface area (Å²) in [5.41, 5.74) is 1.44. The number of hydrogen-bond donors (Lipinski definition) is 2. The second kappa shape index (κ2) is 6.04. The summed E-state index contributed by atoms with van der Waals surface area (Å²) in [6, 6.07) is 14.0. The summed E-state index contributed by atoms with van der Waals surface area (Å²) in [6.45, 7) is 1.10. The minimum Gasteiger partial charge on any atom is -0.467 e. The molecule has 4 heteroatoms. The molecule has 3 rings (SSSR count). The normalized spacial score (nSPS) is 16.0. The molecule has 110 valence electrons. The van der Waals surface area contributed by atoms with Gasteiger partial charge in [0.1, 0.15) is 5.76 Å². The van der Waals surface area contributed by atoms with Crippen molar-refractivity contribution >= 4 is 6.03 Å². The Kier molecular flexibility index (Phi) is 3.95. The van der Waals surface area contributed by atoms with Crippen LogP contribution < -0.4 is 10.6 Å². The van der Waals surface area contributed by atoms with Crippen LogP contribution >= 0.6 is 0 Å². The Labute approximate surface area is 124 Å². The number of carbonyl (C=O) groups excluding carboxylic acids is 1. The van der Waals surface area contributed by atoms with Crippen LogP contribution in [0.3, 0.4) is 0 Å². The summed E-state index contributed by atoms with van der Waals surface area (Å²) in [5.74, 6) is 0.756. The van der Waals surface area contributed by atoms with Crippen LogP contribution in [0.1, 0.15) is 30.6 Å². The van der Waals surface area contributed by atoms with Crippen molar-refractivity contribution < 1.29 is 9.21 Å². The Bertz CT molecular complexity index is 574. The first kappa shape index (κ1) is 13.7. The van der Waals surface area contributed by atoms with Crippen LogP contribution in [0.5, 0.6) is 0 Å². The monoisotopic (exact) mass is 284 g/mol. The highest BCUT2D eigenvalue weighted by molar-refractivity contribution is 5.73. The second-order valence-electron chi connectivity index (χ2n) is 5.62. The molecule has 0 atom stereocenters. The van der Waals surface area contributed by atoms with Crippen molar-refractivity contribution in [3.05, 3.63) is 60.1 Å². The van der Waals surface area contributed by atoms with E-state index < -0.39 is 0 Å². The number of nitrogens with one attached hydrogen (secondary N) is 2. The lowest BCUT2D eigenvalue weighted by Gasteiger charge is -2.42. The fourth-order valence-electron chi connectivity index (χ4n) is 2.86. The Morgan fingerprint density at radius 2 is 1.90 bits per heavy atom. The number of carbonyl (C=O) groups is 1. The van der Waals surface area contributed by atoms with Crippen molar-refractivity contribution in [2.45, 2.75) is 31.2 Å². The first-order valence-corrected chi connectivity index (χ1v) is 7.38. The van der Waals surface area contributed by atoms with Crippen molar-refractivity contribution in [1.82, 2.24) is 10.6 Å². The molecule has 1 aliphatic carbocycles. The van der Waals surface area contributed by atoms with Crippen LogP contribution in [-0.4, -0.2) is 12.6 Å². The lowest BCUT2D eigenvalue weighted by atomic mass is 9.64. The van der Waals surface area contributed by atoms with Gasteiger partial charge < -0.3 is 15.1 Å². The predicted octanol–water partition coefficient (Wildman–Crippen LogP) is 3.20. The zero-order valence-electron chi connectivity index (χ0n) is 12.0. The fraction of sp³-hybridized carbons (Fsp3) is 0.353. The largest absolute Gasteiger partial charge is 0.467 e. The summed E-state index contributed by atoms with van der Waals surface area (Å²) >= 11 is 0. The molecule has 4 nitrogen and oxygen atoms in total. The zero-order chi connectivity index (χ0) is 14.5. The first-order valence-electron chi connectivity index (χ1n) is 7.38. The Morgan fingerprint density at radius 1 is 1.10 bits per heavy atom. The number of hydrogen-bond acceptors (Lipinski definition) is 2. The van der Waals surface area contributed by atoms with Gasteiger partial charge in [-0.15, -0.1) is 0 Å². The zero-order valence-corrected chi connectivity index (χ0v) is 12.0. The maximum absolute atomic E-state index is 11.9. The third kappa shape index (κ3) is 3.10. The topological polar surface area (TPSA) is 54.3 Å². The van der Waals surface area contributed by atoms with Crippen LogP contribution in [-0.2, 0) is 12.0 Å². The van der Waals surface area contributed by atoms with Crippen LogP contribution in [0, 0.1) is 0 Å². The molecule has 2 aromatic rings. The highest BCUT2D eigenvalue weighted by Gasteiger charge is 2.38. The van der Waals surface area contributed by atoms with E-state index in [4.69, 9.17) is 4.42 Å². The van der Waals surface area contributed by atoms with Gasteiger partial charge in [0.05, 0.1) is 12.8 Å². The lowest BCUT2D eigenvalue weighted by Crippen LogP contribution is -2.48. The number of benzene rings is 1. The van der Waals surface area contributed by atoms with E-state index in [1.165, 1.54) is 12.0 Å². The van der Waals surface area contributed by atoms with E-state index in [0.29, 0.717) is 13.1 Å². The molecule has 1 aromatic carbocycles. The third-order valence-corrected chi connectivity index (χ3v) is 4.29. The molecule has 0 radical (unpaired) electrons. The molecule has 21 heavy (non-hydrogen) atoms. The third-order valence-electron chi connectivity index (χ3n) is 4.29. The standard InChI is InChI=1S/C17H20N2O2/c20-16(18-12-15-8-4-11-21-15)19-13-17(9-5-10-17)14-6-2-1-3-7-14/h1-4,6-8,11H,5,9-10,12-13H2,(H2,18,19,20). The van der Waals surface area contributed by atoms with Gasteiger partial charge in [-0.1, -0.05) is 36.8 Å². The van der Waals surface area contributed by atoms with E-state index in [2.05, 4.69) is 34.9 Å². The van der Waals surface area contributed by atoms with Crippen molar-refractivity contribution in [2.75, 3.05) is 6.54 Å². The van der Waals surface area contributed by atoms with Crippen LogP contribution in [0.15, 0.2) is 53.1 Å².